The van der Waals surface area contributed by atoms with Crippen molar-refractivity contribution in [3.05, 3.63) is 176 Å². The van der Waals surface area contributed by atoms with Crippen LogP contribution in [0.2, 0.25) is 0 Å². The third-order valence-electron chi connectivity index (χ3n) is 9.49. The van der Waals surface area contributed by atoms with Crippen LogP contribution in [0.4, 0.5) is 17.1 Å². The van der Waals surface area contributed by atoms with Gasteiger partial charge in [0.1, 0.15) is 11.0 Å². The van der Waals surface area contributed by atoms with E-state index in [0.717, 1.165) is 50.0 Å². The highest BCUT2D eigenvalue weighted by molar-refractivity contribution is 6.22. The summed E-state index contributed by atoms with van der Waals surface area (Å²) >= 11 is 0. The second-order valence-electron chi connectivity index (χ2n) is 12.6. The van der Waals surface area contributed by atoms with Gasteiger partial charge in [-0.3, -0.25) is 0 Å². The summed E-state index contributed by atoms with van der Waals surface area (Å²) in [6.45, 7) is 0. The average molecular weight is 656 g/mol. The third-order valence-corrected chi connectivity index (χ3v) is 9.49. The van der Waals surface area contributed by atoms with Crippen LogP contribution < -0.4 is 4.90 Å². The molecule has 10 rings (SSSR count). The number of anilines is 3. The van der Waals surface area contributed by atoms with Crippen LogP contribution in [0, 0.1) is 0 Å². The van der Waals surface area contributed by atoms with Crippen molar-refractivity contribution in [2.45, 2.75) is 0 Å². The minimum atomic E-state index is 0.592. The third kappa shape index (κ3) is 4.94. The predicted molar refractivity (Wildman–Crippen MR) is 208 cm³/mol. The Hall–Kier alpha value is -6.98. The molecule has 2 heterocycles. The molecule has 0 unspecified atom stereocenters. The lowest BCUT2D eigenvalue weighted by molar-refractivity contribution is 0.620. The maximum absolute atomic E-state index is 6.42. The summed E-state index contributed by atoms with van der Waals surface area (Å²) in [6.07, 6.45) is 0. The van der Waals surface area contributed by atoms with Gasteiger partial charge in [-0.15, -0.1) is 0 Å². The quantitative estimate of drug-likeness (QED) is 0.167. The molecule has 0 aliphatic rings. The largest absolute Gasteiger partial charge is 0.436 e. The number of hydrogen-bond donors (Lipinski definition) is 0. The number of benzene rings is 8. The molecule has 0 fully saturated rings. The monoisotopic (exact) mass is 655 g/mol. The van der Waals surface area contributed by atoms with Crippen molar-refractivity contribution < 1.29 is 8.83 Å². The summed E-state index contributed by atoms with van der Waals surface area (Å²) in [5, 5.41) is 4.59. The molecule has 0 saturated carbocycles. The topological polar surface area (TPSA) is 55.3 Å². The zero-order valence-corrected chi connectivity index (χ0v) is 27.4. The van der Waals surface area contributed by atoms with E-state index in [0.29, 0.717) is 22.9 Å². The molecular formula is C46H29N3O2. The molecule has 2 aromatic heterocycles. The molecule has 0 spiro atoms. The van der Waals surface area contributed by atoms with Gasteiger partial charge < -0.3 is 13.7 Å². The van der Waals surface area contributed by atoms with E-state index in [2.05, 4.69) is 108 Å². The van der Waals surface area contributed by atoms with E-state index in [9.17, 15) is 0 Å². The van der Waals surface area contributed by atoms with Crippen molar-refractivity contribution in [2.75, 3.05) is 4.90 Å². The van der Waals surface area contributed by atoms with Gasteiger partial charge in [0, 0.05) is 34.0 Å². The fourth-order valence-corrected chi connectivity index (χ4v) is 7.18. The second kappa shape index (κ2) is 11.9. The van der Waals surface area contributed by atoms with Crippen LogP contribution in [0.25, 0.3) is 77.8 Å². The first kappa shape index (κ1) is 29.0. The molecule has 0 N–H and O–H groups in total. The summed E-state index contributed by atoms with van der Waals surface area (Å²) in [6, 6.07) is 60.5. The van der Waals surface area contributed by atoms with Crippen LogP contribution >= 0.6 is 0 Å². The molecule has 0 saturated heterocycles. The van der Waals surface area contributed by atoms with Crippen molar-refractivity contribution in [1.29, 1.82) is 0 Å². The van der Waals surface area contributed by atoms with E-state index < -0.39 is 0 Å². The molecule has 8 aromatic carbocycles. The Balaban J connectivity index is 1.25. The molecule has 240 valence electrons. The predicted octanol–water partition coefficient (Wildman–Crippen LogP) is 12.7. The lowest BCUT2D eigenvalue weighted by Crippen LogP contribution is -2.11. The van der Waals surface area contributed by atoms with Crippen LogP contribution in [-0.2, 0) is 0 Å². The number of oxazole rings is 2. The first-order chi connectivity index (χ1) is 25.3. The van der Waals surface area contributed by atoms with E-state index in [1.54, 1.807) is 0 Å². The number of hydrogen-bond acceptors (Lipinski definition) is 5. The first-order valence-electron chi connectivity index (χ1n) is 17.0. The van der Waals surface area contributed by atoms with Crippen molar-refractivity contribution in [2.24, 2.45) is 0 Å². The molecule has 0 aliphatic heterocycles. The van der Waals surface area contributed by atoms with Crippen molar-refractivity contribution >= 4 is 60.8 Å². The summed E-state index contributed by atoms with van der Waals surface area (Å²) in [5.74, 6) is 1.18. The maximum Gasteiger partial charge on any atom is 0.227 e. The lowest BCUT2D eigenvalue weighted by Gasteiger charge is -2.29. The average Bonchev–Trinajstić information content (AvgIpc) is 3.83. The first-order valence-corrected chi connectivity index (χ1v) is 17.0. The molecule has 51 heavy (non-hydrogen) atoms. The van der Waals surface area contributed by atoms with E-state index in [-0.39, 0.29) is 0 Å². The highest BCUT2D eigenvalue weighted by atomic mass is 16.4. The van der Waals surface area contributed by atoms with E-state index in [1.807, 2.05) is 72.8 Å². The van der Waals surface area contributed by atoms with Gasteiger partial charge in [-0.1, -0.05) is 115 Å². The molecule has 0 atom stereocenters. The summed E-state index contributed by atoms with van der Waals surface area (Å²) in [7, 11) is 0. The molecular weight excluding hydrogens is 627 g/mol. The van der Waals surface area contributed by atoms with Gasteiger partial charge in [-0.05, 0) is 70.4 Å². The molecule has 0 aliphatic carbocycles. The molecule has 0 amide bonds. The number of rotatable bonds is 6. The van der Waals surface area contributed by atoms with Crippen molar-refractivity contribution in [1.82, 2.24) is 9.97 Å². The SMILES string of the molecule is c1ccc(-c2nc3ccc(N(c4ccc5nc(-c6ccccc6)oc5c4)c4c5ccccc5c(-c5ccccc5)c5ccccc45)cc3o2)cc1. The Morgan fingerprint density at radius 1 is 0.373 bits per heavy atom. The van der Waals surface area contributed by atoms with E-state index in [1.165, 1.54) is 21.9 Å². The van der Waals surface area contributed by atoms with Crippen LogP contribution in [0.1, 0.15) is 0 Å². The van der Waals surface area contributed by atoms with Crippen molar-refractivity contribution in [3.63, 3.8) is 0 Å². The second-order valence-corrected chi connectivity index (χ2v) is 12.6. The zero-order valence-electron chi connectivity index (χ0n) is 27.4. The van der Waals surface area contributed by atoms with Crippen LogP contribution in [-0.4, -0.2) is 9.97 Å². The number of nitrogens with zero attached hydrogens (tertiary/aromatic N) is 3. The summed E-state index contributed by atoms with van der Waals surface area (Å²) in [4.78, 5) is 12.0. The standard InChI is InChI=1S/C46H29N3O2/c1-4-14-30(15-5-1)43-35-20-10-12-22-37(35)44(38-23-13-11-21-36(38)43)49(33-24-26-39-41(28-33)50-45(47-39)31-16-6-2-7-17-31)34-25-27-40-42(29-34)51-46(48-40)32-18-8-3-9-19-32/h1-29H. The molecule has 5 nitrogen and oxygen atoms in total. The summed E-state index contributed by atoms with van der Waals surface area (Å²) < 4.78 is 12.8. The molecule has 5 heteroatoms. The van der Waals surface area contributed by atoms with Gasteiger partial charge in [0.15, 0.2) is 11.2 Å². The highest BCUT2D eigenvalue weighted by Crippen LogP contribution is 2.48. The minimum absolute atomic E-state index is 0.592. The molecule has 0 radical (unpaired) electrons. The Kier molecular flexibility index (Phi) is 6.74. The zero-order chi connectivity index (χ0) is 33.7. The van der Waals surface area contributed by atoms with Gasteiger partial charge in [-0.25, -0.2) is 9.97 Å². The van der Waals surface area contributed by atoms with Gasteiger partial charge in [0.25, 0.3) is 0 Å². The molecule has 0 bridgehead atoms. The Morgan fingerprint density at radius 2 is 0.765 bits per heavy atom. The van der Waals surface area contributed by atoms with Crippen LogP contribution in [0.3, 0.4) is 0 Å². The van der Waals surface area contributed by atoms with Gasteiger partial charge >= 0.3 is 0 Å². The van der Waals surface area contributed by atoms with Gasteiger partial charge in [-0.2, -0.15) is 0 Å². The molecule has 10 aromatic rings. The van der Waals surface area contributed by atoms with Crippen LogP contribution in [0.15, 0.2) is 185 Å². The normalized spacial score (nSPS) is 11.5. The van der Waals surface area contributed by atoms with Crippen molar-refractivity contribution in [3.8, 4) is 34.0 Å². The fourth-order valence-electron chi connectivity index (χ4n) is 7.18. The van der Waals surface area contributed by atoms with Gasteiger partial charge in [0.05, 0.1) is 17.1 Å². The number of aromatic nitrogens is 2. The van der Waals surface area contributed by atoms with E-state index >= 15 is 0 Å². The maximum atomic E-state index is 6.42. The van der Waals surface area contributed by atoms with Gasteiger partial charge in [0.2, 0.25) is 11.8 Å². The Morgan fingerprint density at radius 3 is 1.22 bits per heavy atom. The number of fused-ring (bicyclic) bond motifs is 4. The Labute approximate surface area is 293 Å². The van der Waals surface area contributed by atoms with Crippen LogP contribution in [0.5, 0.6) is 0 Å². The highest BCUT2D eigenvalue weighted by Gasteiger charge is 2.24. The lowest BCUT2D eigenvalue weighted by atomic mass is 9.90. The smallest absolute Gasteiger partial charge is 0.227 e. The Bertz CT molecular complexity index is 2690. The summed E-state index contributed by atoms with van der Waals surface area (Å²) in [5.41, 5.74) is 10.2. The van der Waals surface area contributed by atoms with E-state index in [4.69, 9.17) is 18.8 Å². The fraction of sp³-hybridized carbons (Fsp3) is 0. The minimum Gasteiger partial charge on any atom is -0.436 e.